The van der Waals surface area contributed by atoms with Crippen LogP contribution in [-0.2, 0) is 9.53 Å². The fraction of sp³-hybridized carbons (Fsp3) is 0.562. The van der Waals surface area contributed by atoms with E-state index in [0.717, 1.165) is 26.1 Å². The first-order chi connectivity index (χ1) is 9.08. The lowest BCUT2D eigenvalue weighted by molar-refractivity contribution is -0.124. The van der Waals surface area contributed by atoms with Crippen LogP contribution in [0.15, 0.2) is 23.1 Å². The van der Waals surface area contributed by atoms with Crippen molar-refractivity contribution in [3.05, 3.63) is 29.3 Å². The summed E-state index contributed by atoms with van der Waals surface area (Å²) in [5.74, 6) is 0.578. The molecular formula is C16H22O2S. The summed E-state index contributed by atoms with van der Waals surface area (Å²) in [6.07, 6.45) is 1.77. The van der Waals surface area contributed by atoms with Crippen LogP contribution in [0.2, 0.25) is 0 Å². The Morgan fingerprint density at radius 1 is 1.26 bits per heavy atom. The number of thioether (sulfide) groups is 1. The van der Waals surface area contributed by atoms with E-state index in [1.807, 2.05) is 6.92 Å². The number of ketones is 1. The Morgan fingerprint density at radius 2 is 1.95 bits per heavy atom. The number of hydrogen-bond donors (Lipinski definition) is 0. The predicted molar refractivity (Wildman–Crippen MR) is 79.8 cm³/mol. The monoisotopic (exact) mass is 278 g/mol. The molecule has 104 valence electrons. The van der Waals surface area contributed by atoms with Crippen molar-refractivity contribution in [2.45, 2.75) is 43.8 Å². The molecule has 1 aromatic carbocycles. The Hall–Kier alpha value is -0.800. The van der Waals surface area contributed by atoms with E-state index < -0.39 is 0 Å². The van der Waals surface area contributed by atoms with E-state index in [1.165, 1.54) is 16.0 Å². The van der Waals surface area contributed by atoms with E-state index in [4.69, 9.17) is 4.74 Å². The van der Waals surface area contributed by atoms with Crippen LogP contribution in [0.1, 0.15) is 30.9 Å². The highest BCUT2D eigenvalue weighted by Gasteiger charge is 2.26. The molecule has 0 N–H and O–H groups in total. The molecule has 0 saturated carbocycles. The van der Waals surface area contributed by atoms with Gasteiger partial charge in [-0.3, -0.25) is 4.79 Å². The third-order valence-corrected chi connectivity index (χ3v) is 4.93. The number of ether oxygens (including phenoxy) is 1. The summed E-state index contributed by atoms with van der Waals surface area (Å²) < 4.78 is 5.32. The molecule has 1 fully saturated rings. The molecule has 2 nitrogen and oxygen atoms in total. The van der Waals surface area contributed by atoms with Crippen LogP contribution in [0.4, 0.5) is 0 Å². The van der Waals surface area contributed by atoms with Crippen LogP contribution in [-0.4, -0.2) is 24.2 Å². The van der Waals surface area contributed by atoms with Gasteiger partial charge in [-0.05, 0) is 56.9 Å². The highest BCUT2D eigenvalue weighted by molar-refractivity contribution is 8.00. The van der Waals surface area contributed by atoms with Crippen molar-refractivity contribution in [1.82, 2.24) is 0 Å². The van der Waals surface area contributed by atoms with Gasteiger partial charge in [-0.15, -0.1) is 11.8 Å². The maximum Gasteiger partial charge on any atom is 0.149 e. The van der Waals surface area contributed by atoms with Crippen molar-refractivity contribution < 1.29 is 9.53 Å². The van der Waals surface area contributed by atoms with Crippen molar-refractivity contribution in [3.8, 4) is 0 Å². The third-order valence-electron chi connectivity index (χ3n) is 3.82. The maximum absolute atomic E-state index is 12.4. The van der Waals surface area contributed by atoms with E-state index in [9.17, 15) is 4.79 Å². The summed E-state index contributed by atoms with van der Waals surface area (Å²) in [6, 6.07) is 6.41. The van der Waals surface area contributed by atoms with Gasteiger partial charge in [0.2, 0.25) is 0 Å². The van der Waals surface area contributed by atoms with Crippen LogP contribution >= 0.6 is 11.8 Å². The zero-order valence-electron chi connectivity index (χ0n) is 11.9. The summed E-state index contributed by atoms with van der Waals surface area (Å²) >= 11 is 1.68. The SMILES string of the molecule is Cc1ccc(SC(C)C(=O)C2CCOCC2)cc1C. The van der Waals surface area contributed by atoms with Crippen LogP contribution < -0.4 is 0 Å². The molecule has 1 heterocycles. The smallest absolute Gasteiger partial charge is 0.149 e. The van der Waals surface area contributed by atoms with Crippen molar-refractivity contribution in [3.63, 3.8) is 0 Å². The normalized spacial score (nSPS) is 18.3. The largest absolute Gasteiger partial charge is 0.381 e. The second-order valence-corrected chi connectivity index (χ2v) is 6.71. The fourth-order valence-corrected chi connectivity index (χ4v) is 3.47. The number of carbonyl (C=O) groups excluding carboxylic acids is 1. The molecule has 0 aliphatic carbocycles. The fourth-order valence-electron chi connectivity index (χ4n) is 2.36. The van der Waals surface area contributed by atoms with Gasteiger partial charge in [0, 0.05) is 24.0 Å². The average Bonchev–Trinajstić information content (AvgIpc) is 2.43. The second-order valence-electron chi connectivity index (χ2n) is 5.30. The Kier molecular flexibility index (Phi) is 5.06. The molecule has 2 rings (SSSR count). The van der Waals surface area contributed by atoms with Crippen LogP contribution in [0.25, 0.3) is 0 Å². The lowest BCUT2D eigenvalue weighted by atomic mass is 9.94. The highest BCUT2D eigenvalue weighted by atomic mass is 32.2. The van der Waals surface area contributed by atoms with Gasteiger partial charge in [-0.25, -0.2) is 0 Å². The summed E-state index contributed by atoms with van der Waals surface area (Å²) in [5, 5.41) is 0.0326. The van der Waals surface area contributed by atoms with Crippen molar-refractivity contribution in [2.75, 3.05) is 13.2 Å². The van der Waals surface area contributed by atoms with Crippen molar-refractivity contribution in [1.29, 1.82) is 0 Å². The molecule has 1 aliphatic rings. The molecule has 1 unspecified atom stereocenters. The molecule has 0 aromatic heterocycles. The molecule has 0 radical (unpaired) electrons. The first kappa shape index (κ1) is 14.6. The number of carbonyl (C=O) groups is 1. The standard InChI is InChI=1S/C16H22O2S/c1-11-4-5-15(10-12(11)2)19-13(3)16(17)14-6-8-18-9-7-14/h4-5,10,13-14H,6-9H2,1-3H3. The van der Waals surface area contributed by atoms with Crippen LogP contribution in [0.5, 0.6) is 0 Å². The van der Waals surface area contributed by atoms with Gasteiger partial charge in [-0.1, -0.05) is 6.07 Å². The first-order valence-corrected chi connectivity index (χ1v) is 7.81. The van der Waals surface area contributed by atoms with Gasteiger partial charge < -0.3 is 4.74 Å². The number of hydrogen-bond acceptors (Lipinski definition) is 3. The zero-order chi connectivity index (χ0) is 13.8. The molecule has 1 aromatic rings. The Morgan fingerprint density at radius 3 is 2.58 bits per heavy atom. The number of benzene rings is 1. The first-order valence-electron chi connectivity index (χ1n) is 6.93. The number of Topliss-reactive ketones (excluding diaryl/α,β-unsaturated/α-hetero) is 1. The Bertz CT molecular complexity index is 450. The summed E-state index contributed by atoms with van der Waals surface area (Å²) in [5.41, 5.74) is 2.59. The minimum atomic E-state index is 0.0326. The minimum absolute atomic E-state index is 0.0326. The minimum Gasteiger partial charge on any atom is -0.381 e. The van der Waals surface area contributed by atoms with Crippen molar-refractivity contribution in [2.24, 2.45) is 5.92 Å². The summed E-state index contributed by atoms with van der Waals surface area (Å²) in [7, 11) is 0. The summed E-state index contributed by atoms with van der Waals surface area (Å²) in [4.78, 5) is 13.6. The predicted octanol–water partition coefficient (Wildman–Crippen LogP) is 3.78. The van der Waals surface area contributed by atoms with Gasteiger partial charge in [-0.2, -0.15) is 0 Å². The van der Waals surface area contributed by atoms with E-state index in [-0.39, 0.29) is 11.2 Å². The molecule has 0 bridgehead atoms. The molecule has 0 amide bonds. The Balaban J connectivity index is 1.97. The highest BCUT2D eigenvalue weighted by Crippen LogP contribution is 2.29. The van der Waals surface area contributed by atoms with Gasteiger partial charge in [0.25, 0.3) is 0 Å². The quantitative estimate of drug-likeness (QED) is 0.784. The molecule has 0 spiro atoms. The molecule has 3 heteroatoms. The maximum atomic E-state index is 12.4. The molecular weight excluding hydrogens is 256 g/mol. The topological polar surface area (TPSA) is 26.3 Å². The zero-order valence-corrected chi connectivity index (χ0v) is 12.8. The van der Waals surface area contributed by atoms with E-state index in [0.29, 0.717) is 5.78 Å². The number of aryl methyl sites for hydroxylation is 2. The van der Waals surface area contributed by atoms with Gasteiger partial charge in [0.1, 0.15) is 5.78 Å². The lowest BCUT2D eigenvalue weighted by Crippen LogP contribution is -2.29. The van der Waals surface area contributed by atoms with E-state index in [1.54, 1.807) is 11.8 Å². The van der Waals surface area contributed by atoms with Crippen molar-refractivity contribution >= 4 is 17.5 Å². The molecule has 1 aliphatic heterocycles. The summed E-state index contributed by atoms with van der Waals surface area (Å²) in [6.45, 7) is 7.72. The third kappa shape index (κ3) is 3.83. The van der Waals surface area contributed by atoms with E-state index >= 15 is 0 Å². The van der Waals surface area contributed by atoms with Crippen LogP contribution in [0.3, 0.4) is 0 Å². The average molecular weight is 278 g/mol. The lowest BCUT2D eigenvalue weighted by Gasteiger charge is -2.23. The van der Waals surface area contributed by atoms with Crippen LogP contribution in [0, 0.1) is 19.8 Å². The van der Waals surface area contributed by atoms with E-state index in [2.05, 4.69) is 32.0 Å². The number of rotatable bonds is 4. The molecule has 19 heavy (non-hydrogen) atoms. The van der Waals surface area contributed by atoms with Gasteiger partial charge in [0.15, 0.2) is 0 Å². The van der Waals surface area contributed by atoms with Gasteiger partial charge in [0.05, 0.1) is 5.25 Å². The van der Waals surface area contributed by atoms with Gasteiger partial charge >= 0.3 is 0 Å². The molecule has 1 atom stereocenters. The Labute approximate surface area is 119 Å². The molecule has 1 saturated heterocycles. The second kappa shape index (κ2) is 6.58.